The highest BCUT2D eigenvalue weighted by Gasteiger charge is 2.35. The van der Waals surface area contributed by atoms with Gasteiger partial charge in [-0.15, -0.1) is 0 Å². The molecule has 1 aliphatic heterocycles. The van der Waals surface area contributed by atoms with E-state index in [4.69, 9.17) is 15.7 Å². The van der Waals surface area contributed by atoms with E-state index in [0.29, 0.717) is 0 Å². The Morgan fingerprint density at radius 3 is 2.75 bits per heavy atom. The number of hydrogen-bond acceptors (Lipinski definition) is 4. The zero-order chi connectivity index (χ0) is 12.3. The molecule has 3 N–H and O–H groups in total. The summed E-state index contributed by atoms with van der Waals surface area (Å²) in [5.74, 6) is 0.285. The number of ether oxygens (including phenoxy) is 1. The Kier molecular flexibility index (Phi) is 4.15. The number of hydrogen-bond donors (Lipinski definition) is 2. The number of rotatable bonds is 3. The molecule has 1 aliphatic rings. The van der Waals surface area contributed by atoms with Crippen LogP contribution in [0.15, 0.2) is 5.16 Å². The first-order valence-electron chi connectivity index (χ1n) is 5.79. The van der Waals surface area contributed by atoms with Crippen LogP contribution in [0, 0.1) is 0 Å². The Morgan fingerprint density at radius 1 is 1.69 bits per heavy atom. The summed E-state index contributed by atoms with van der Waals surface area (Å²) in [5.41, 5.74) is 5.53. The summed E-state index contributed by atoms with van der Waals surface area (Å²) in [6, 6.07) is -0.00405. The van der Waals surface area contributed by atoms with E-state index in [1.807, 2.05) is 13.8 Å². The highest BCUT2D eigenvalue weighted by Crippen LogP contribution is 2.23. The van der Waals surface area contributed by atoms with Gasteiger partial charge in [-0.3, -0.25) is 4.90 Å². The van der Waals surface area contributed by atoms with Crippen LogP contribution in [0.5, 0.6) is 0 Å². The van der Waals surface area contributed by atoms with Gasteiger partial charge in [0.05, 0.1) is 17.7 Å². The van der Waals surface area contributed by atoms with Crippen LogP contribution in [-0.2, 0) is 4.74 Å². The zero-order valence-corrected chi connectivity index (χ0v) is 10.6. The van der Waals surface area contributed by atoms with Crippen LogP contribution >= 0.6 is 0 Å². The quantitative estimate of drug-likeness (QED) is 0.328. The van der Waals surface area contributed by atoms with Crippen molar-refractivity contribution in [1.82, 2.24) is 4.90 Å². The van der Waals surface area contributed by atoms with Crippen molar-refractivity contribution in [3.8, 4) is 0 Å². The van der Waals surface area contributed by atoms with E-state index in [-0.39, 0.29) is 23.6 Å². The second kappa shape index (κ2) is 5.01. The van der Waals surface area contributed by atoms with Gasteiger partial charge >= 0.3 is 0 Å². The molecule has 2 unspecified atom stereocenters. The van der Waals surface area contributed by atoms with Crippen LogP contribution in [0.2, 0.25) is 0 Å². The van der Waals surface area contributed by atoms with Crippen molar-refractivity contribution in [3.05, 3.63) is 0 Å². The Morgan fingerprint density at radius 2 is 2.31 bits per heavy atom. The SMILES string of the molecule is CCC(C(N)=NO)N1CC(C)OC(C)(C)C1. The molecule has 5 nitrogen and oxygen atoms in total. The molecule has 5 heteroatoms. The fraction of sp³-hybridized carbons (Fsp3) is 0.909. The van der Waals surface area contributed by atoms with Crippen molar-refractivity contribution in [3.63, 3.8) is 0 Å². The average Bonchev–Trinajstić information content (AvgIpc) is 2.15. The van der Waals surface area contributed by atoms with Crippen LogP contribution in [0.1, 0.15) is 34.1 Å². The van der Waals surface area contributed by atoms with E-state index in [9.17, 15) is 0 Å². The molecule has 0 amide bonds. The molecule has 94 valence electrons. The second-order valence-electron chi connectivity index (χ2n) is 5.07. The van der Waals surface area contributed by atoms with Crippen molar-refractivity contribution < 1.29 is 9.94 Å². The molecule has 0 spiro atoms. The summed E-state index contributed by atoms with van der Waals surface area (Å²) in [6.45, 7) is 9.83. The van der Waals surface area contributed by atoms with Crippen molar-refractivity contribution in [2.24, 2.45) is 10.9 Å². The van der Waals surface area contributed by atoms with Crippen LogP contribution in [-0.4, -0.2) is 46.8 Å². The minimum Gasteiger partial charge on any atom is -0.409 e. The van der Waals surface area contributed by atoms with Gasteiger partial charge in [0.2, 0.25) is 0 Å². The molecule has 0 radical (unpaired) electrons. The van der Waals surface area contributed by atoms with Gasteiger partial charge in [0.1, 0.15) is 0 Å². The topological polar surface area (TPSA) is 71.1 Å². The van der Waals surface area contributed by atoms with E-state index >= 15 is 0 Å². The van der Waals surface area contributed by atoms with E-state index in [2.05, 4.69) is 23.9 Å². The van der Waals surface area contributed by atoms with Gasteiger partial charge in [-0.25, -0.2) is 0 Å². The third-order valence-corrected chi connectivity index (χ3v) is 2.88. The smallest absolute Gasteiger partial charge is 0.156 e. The molecule has 1 fully saturated rings. The summed E-state index contributed by atoms with van der Waals surface area (Å²) in [4.78, 5) is 2.23. The van der Waals surface area contributed by atoms with Gasteiger partial charge in [0.15, 0.2) is 5.84 Å². The van der Waals surface area contributed by atoms with E-state index in [1.165, 1.54) is 0 Å². The lowest BCUT2D eigenvalue weighted by Gasteiger charge is -2.44. The second-order valence-corrected chi connectivity index (χ2v) is 5.07. The van der Waals surface area contributed by atoms with Gasteiger partial charge in [0, 0.05) is 13.1 Å². The molecule has 0 aromatic carbocycles. The van der Waals surface area contributed by atoms with Crippen LogP contribution in [0.3, 0.4) is 0 Å². The van der Waals surface area contributed by atoms with Crippen molar-refractivity contribution in [2.45, 2.75) is 51.9 Å². The highest BCUT2D eigenvalue weighted by atomic mass is 16.5. The molecule has 1 saturated heterocycles. The van der Waals surface area contributed by atoms with Gasteiger partial charge in [-0.05, 0) is 27.2 Å². The number of amidine groups is 1. The van der Waals surface area contributed by atoms with E-state index in [1.54, 1.807) is 0 Å². The summed E-state index contributed by atoms with van der Waals surface area (Å²) in [7, 11) is 0. The molecule has 16 heavy (non-hydrogen) atoms. The standard InChI is InChI=1S/C11H23N3O2/c1-5-9(10(12)13-15)14-6-8(2)16-11(3,4)7-14/h8-9,15H,5-7H2,1-4H3,(H2,12,13). The number of nitrogens with zero attached hydrogens (tertiary/aromatic N) is 2. The minimum atomic E-state index is -0.180. The summed E-state index contributed by atoms with van der Waals surface area (Å²) in [5, 5.41) is 11.9. The first kappa shape index (κ1) is 13.3. The fourth-order valence-electron chi connectivity index (χ4n) is 2.46. The average molecular weight is 229 g/mol. The zero-order valence-electron chi connectivity index (χ0n) is 10.6. The summed E-state index contributed by atoms with van der Waals surface area (Å²) in [6.07, 6.45) is 1.00. The normalized spacial score (nSPS) is 29.0. The molecule has 0 aliphatic carbocycles. The number of morpholine rings is 1. The Bertz CT molecular complexity index is 266. The lowest BCUT2D eigenvalue weighted by atomic mass is 10.0. The van der Waals surface area contributed by atoms with Crippen LogP contribution in [0.25, 0.3) is 0 Å². The fourth-order valence-corrected chi connectivity index (χ4v) is 2.46. The van der Waals surface area contributed by atoms with Gasteiger partial charge in [0.25, 0.3) is 0 Å². The first-order chi connectivity index (χ1) is 7.39. The molecule has 1 heterocycles. The Balaban J connectivity index is 2.78. The largest absolute Gasteiger partial charge is 0.409 e. The Hall–Kier alpha value is -0.810. The molecular formula is C11H23N3O2. The van der Waals surface area contributed by atoms with E-state index < -0.39 is 0 Å². The molecule has 0 aromatic heterocycles. The van der Waals surface area contributed by atoms with Gasteiger partial charge in [-0.1, -0.05) is 12.1 Å². The number of oxime groups is 1. The maximum absolute atomic E-state index is 8.77. The minimum absolute atomic E-state index is 0.00405. The van der Waals surface area contributed by atoms with Crippen LogP contribution < -0.4 is 5.73 Å². The predicted octanol–water partition coefficient (Wildman–Crippen LogP) is 1.01. The summed E-state index contributed by atoms with van der Waals surface area (Å²) >= 11 is 0. The molecule has 0 aromatic rings. The van der Waals surface area contributed by atoms with Crippen molar-refractivity contribution in [2.75, 3.05) is 13.1 Å². The molecular weight excluding hydrogens is 206 g/mol. The van der Waals surface area contributed by atoms with Crippen molar-refractivity contribution in [1.29, 1.82) is 0 Å². The highest BCUT2D eigenvalue weighted by molar-refractivity contribution is 5.85. The third kappa shape index (κ3) is 3.09. The first-order valence-corrected chi connectivity index (χ1v) is 5.79. The monoisotopic (exact) mass is 229 g/mol. The molecule has 1 rings (SSSR count). The maximum atomic E-state index is 8.77. The molecule has 2 atom stereocenters. The third-order valence-electron chi connectivity index (χ3n) is 2.88. The summed E-state index contributed by atoms with van der Waals surface area (Å²) < 4.78 is 5.83. The number of nitrogens with two attached hydrogens (primary N) is 1. The van der Waals surface area contributed by atoms with Gasteiger partial charge < -0.3 is 15.7 Å². The van der Waals surface area contributed by atoms with E-state index in [0.717, 1.165) is 19.5 Å². The van der Waals surface area contributed by atoms with Gasteiger partial charge in [-0.2, -0.15) is 0 Å². The Labute approximate surface area is 97.2 Å². The van der Waals surface area contributed by atoms with Crippen LogP contribution in [0.4, 0.5) is 0 Å². The molecule has 0 bridgehead atoms. The molecule has 0 saturated carbocycles. The lowest BCUT2D eigenvalue weighted by Crippen LogP contribution is -2.57. The maximum Gasteiger partial charge on any atom is 0.156 e. The lowest BCUT2D eigenvalue weighted by molar-refractivity contribution is -0.133. The predicted molar refractivity (Wildman–Crippen MR) is 63.7 cm³/mol. The van der Waals surface area contributed by atoms with Crippen molar-refractivity contribution >= 4 is 5.84 Å².